The quantitative estimate of drug-likeness (QED) is 0.872. The van der Waals surface area contributed by atoms with Gasteiger partial charge in [0.1, 0.15) is 5.82 Å². The maximum Gasteiger partial charge on any atom is 0.120 e. The van der Waals surface area contributed by atoms with Crippen LogP contribution in [0.1, 0.15) is 24.2 Å². The highest BCUT2D eigenvalue weighted by Crippen LogP contribution is 2.35. The van der Waals surface area contributed by atoms with Crippen molar-refractivity contribution in [2.45, 2.75) is 24.8 Å². The van der Waals surface area contributed by atoms with Crippen LogP contribution in [0.2, 0.25) is 0 Å². The number of halogens is 1. The van der Waals surface area contributed by atoms with Gasteiger partial charge in [-0.05, 0) is 30.5 Å². The van der Waals surface area contributed by atoms with Crippen LogP contribution in [0.25, 0.3) is 0 Å². The second-order valence-corrected chi connectivity index (χ2v) is 6.46. The molecule has 0 saturated carbocycles. The van der Waals surface area contributed by atoms with Crippen LogP contribution < -0.4 is 5.32 Å². The number of H-pyrrole nitrogens is 1. The summed E-state index contributed by atoms with van der Waals surface area (Å²) in [6.07, 6.45) is 5.74. The molecule has 1 fully saturated rings. The third kappa shape index (κ3) is 3.54. The van der Waals surface area contributed by atoms with Crippen LogP contribution in [0.5, 0.6) is 0 Å². The van der Waals surface area contributed by atoms with Crippen molar-refractivity contribution in [3.63, 3.8) is 0 Å². The van der Waals surface area contributed by atoms with Crippen LogP contribution >= 0.6 is 15.9 Å². The number of benzene rings is 1. The predicted molar refractivity (Wildman–Crippen MR) is 86.2 cm³/mol. The van der Waals surface area contributed by atoms with Crippen molar-refractivity contribution in [1.29, 1.82) is 0 Å². The number of ether oxygens (including phenoxy) is 1. The lowest BCUT2D eigenvalue weighted by atomic mass is 9.74. The van der Waals surface area contributed by atoms with Gasteiger partial charge in [-0.1, -0.05) is 28.1 Å². The van der Waals surface area contributed by atoms with Gasteiger partial charge in [0.25, 0.3) is 0 Å². The minimum absolute atomic E-state index is 0.147. The number of rotatable bonds is 5. The summed E-state index contributed by atoms with van der Waals surface area (Å²) in [5.74, 6) is 0.978. The van der Waals surface area contributed by atoms with E-state index in [1.807, 2.05) is 6.20 Å². The van der Waals surface area contributed by atoms with Gasteiger partial charge in [-0.2, -0.15) is 0 Å². The summed E-state index contributed by atoms with van der Waals surface area (Å²) in [5.41, 5.74) is 1.53. The first kappa shape index (κ1) is 14.8. The Hall–Kier alpha value is -1.17. The molecule has 21 heavy (non-hydrogen) atoms. The zero-order valence-corrected chi connectivity index (χ0v) is 13.5. The van der Waals surface area contributed by atoms with Crippen LogP contribution in [0.4, 0.5) is 0 Å². The summed E-state index contributed by atoms with van der Waals surface area (Å²) in [6, 6.07) is 8.65. The molecule has 2 heterocycles. The van der Waals surface area contributed by atoms with E-state index in [1.54, 1.807) is 6.20 Å². The van der Waals surface area contributed by atoms with E-state index in [0.717, 1.165) is 49.4 Å². The molecule has 1 aromatic heterocycles. The molecule has 112 valence electrons. The third-order valence-electron chi connectivity index (χ3n) is 4.20. The smallest absolute Gasteiger partial charge is 0.120 e. The van der Waals surface area contributed by atoms with Crippen LogP contribution in [0.3, 0.4) is 0 Å². The maximum atomic E-state index is 5.57. The van der Waals surface area contributed by atoms with E-state index in [2.05, 4.69) is 55.5 Å². The highest BCUT2D eigenvalue weighted by atomic mass is 79.9. The van der Waals surface area contributed by atoms with Crippen molar-refractivity contribution < 1.29 is 4.74 Å². The molecule has 0 atom stereocenters. The average Bonchev–Trinajstić information content (AvgIpc) is 3.02. The molecule has 3 rings (SSSR count). The Balaban J connectivity index is 1.73. The fraction of sp³-hybridized carbons (Fsp3) is 0.438. The number of nitrogens with one attached hydrogen (secondary N) is 2. The number of hydrogen-bond donors (Lipinski definition) is 2. The van der Waals surface area contributed by atoms with Crippen molar-refractivity contribution in [3.05, 3.63) is 52.5 Å². The number of aromatic nitrogens is 2. The zero-order chi connectivity index (χ0) is 14.5. The Morgan fingerprint density at radius 1 is 1.33 bits per heavy atom. The monoisotopic (exact) mass is 349 g/mol. The molecule has 0 aliphatic carbocycles. The molecule has 0 unspecified atom stereocenters. The molecule has 0 bridgehead atoms. The summed E-state index contributed by atoms with van der Waals surface area (Å²) in [5, 5.41) is 3.55. The van der Waals surface area contributed by atoms with E-state index < -0.39 is 0 Å². The van der Waals surface area contributed by atoms with Crippen molar-refractivity contribution in [1.82, 2.24) is 15.3 Å². The normalized spacial score (nSPS) is 17.8. The van der Waals surface area contributed by atoms with Gasteiger partial charge in [-0.25, -0.2) is 4.98 Å². The number of aromatic amines is 1. The fourth-order valence-corrected chi connectivity index (χ4v) is 3.36. The van der Waals surface area contributed by atoms with Gasteiger partial charge in [0.05, 0.1) is 6.54 Å². The highest BCUT2D eigenvalue weighted by molar-refractivity contribution is 9.10. The predicted octanol–water partition coefficient (Wildman–Crippen LogP) is 3.01. The molecule has 5 heteroatoms. The van der Waals surface area contributed by atoms with Gasteiger partial charge in [-0.3, -0.25) is 0 Å². The topological polar surface area (TPSA) is 49.9 Å². The number of hydrogen-bond acceptors (Lipinski definition) is 3. The molecule has 2 N–H and O–H groups in total. The van der Waals surface area contributed by atoms with Crippen LogP contribution in [0, 0.1) is 0 Å². The summed E-state index contributed by atoms with van der Waals surface area (Å²) in [4.78, 5) is 7.39. The lowest BCUT2D eigenvalue weighted by Gasteiger charge is -2.38. The van der Waals surface area contributed by atoms with Gasteiger partial charge >= 0.3 is 0 Å². The first-order valence-corrected chi connectivity index (χ1v) is 8.11. The van der Waals surface area contributed by atoms with E-state index in [0.29, 0.717) is 0 Å². The second-order valence-electron chi connectivity index (χ2n) is 5.54. The van der Waals surface area contributed by atoms with Crippen molar-refractivity contribution >= 4 is 15.9 Å². The Labute approximate surface area is 133 Å². The van der Waals surface area contributed by atoms with Gasteiger partial charge in [0, 0.05) is 42.0 Å². The van der Waals surface area contributed by atoms with Gasteiger partial charge in [0.15, 0.2) is 0 Å². The first-order chi connectivity index (χ1) is 10.3. The first-order valence-electron chi connectivity index (χ1n) is 7.31. The number of imidazole rings is 1. The molecule has 0 radical (unpaired) electrons. The van der Waals surface area contributed by atoms with Crippen LogP contribution in [-0.4, -0.2) is 29.7 Å². The summed E-state index contributed by atoms with van der Waals surface area (Å²) >= 11 is 3.59. The standard InChI is InChI=1S/C16H20BrN3O/c17-14-3-1-2-13(10-14)16(4-8-21-9-5-16)12-18-11-15-19-6-7-20-15/h1-3,6-7,10,18H,4-5,8-9,11-12H2,(H,19,20). The van der Waals surface area contributed by atoms with Crippen molar-refractivity contribution in [3.8, 4) is 0 Å². The average molecular weight is 350 g/mol. The lowest BCUT2D eigenvalue weighted by molar-refractivity contribution is 0.0497. The van der Waals surface area contributed by atoms with E-state index in [1.165, 1.54) is 5.56 Å². The molecule has 0 amide bonds. The van der Waals surface area contributed by atoms with E-state index in [-0.39, 0.29) is 5.41 Å². The number of nitrogens with zero attached hydrogens (tertiary/aromatic N) is 1. The van der Waals surface area contributed by atoms with Crippen molar-refractivity contribution in [2.75, 3.05) is 19.8 Å². The van der Waals surface area contributed by atoms with Gasteiger partial charge in [-0.15, -0.1) is 0 Å². The molecular weight excluding hydrogens is 330 g/mol. The largest absolute Gasteiger partial charge is 0.381 e. The molecule has 4 nitrogen and oxygen atoms in total. The molecule has 1 aliphatic heterocycles. The highest BCUT2D eigenvalue weighted by Gasteiger charge is 2.34. The van der Waals surface area contributed by atoms with Gasteiger partial charge < -0.3 is 15.0 Å². The van der Waals surface area contributed by atoms with Crippen molar-refractivity contribution in [2.24, 2.45) is 0 Å². The Kier molecular flexibility index (Phi) is 4.73. The minimum atomic E-state index is 0.147. The molecule has 1 aliphatic rings. The maximum absolute atomic E-state index is 5.57. The third-order valence-corrected chi connectivity index (χ3v) is 4.69. The summed E-state index contributed by atoms with van der Waals surface area (Å²) in [7, 11) is 0. The lowest BCUT2D eigenvalue weighted by Crippen LogP contribution is -2.42. The zero-order valence-electron chi connectivity index (χ0n) is 11.9. The minimum Gasteiger partial charge on any atom is -0.381 e. The SMILES string of the molecule is Brc1cccc(C2(CNCc3ncc[nH]3)CCOCC2)c1. The van der Waals surface area contributed by atoms with Crippen LogP contribution in [0.15, 0.2) is 41.1 Å². The molecule has 2 aromatic rings. The van der Waals surface area contributed by atoms with Crippen LogP contribution in [-0.2, 0) is 16.7 Å². The molecular formula is C16H20BrN3O. The van der Waals surface area contributed by atoms with Gasteiger partial charge in [0.2, 0.25) is 0 Å². The second kappa shape index (κ2) is 6.73. The fourth-order valence-electron chi connectivity index (χ4n) is 2.96. The Morgan fingerprint density at radius 3 is 2.90 bits per heavy atom. The molecule has 1 saturated heterocycles. The molecule has 0 spiro atoms. The Bertz CT molecular complexity index is 565. The Morgan fingerprint density at radius 2 is 2.19 bits per heavy atom. The van der Waals surface area contributed by atoms with E-state index in [4.69, 9.17) is 4.74 Å². The molecule has 1 aromatic carbocycles. The summed E-state index contributed by atoms with van der Waals surface area (Å²) in [6.45, 7) is 3.36. The summed E-state index contributed by atoms with van der Waals surface area (Å²) < 4.78 is 6.71. The van der Waals surface area contributed by atoms with E-state index >= 15 is 0 Å². The van der Waals surface area contributed by atoms with E-state index in [9.17, 15) is 0 Å².